The van der Waals surface area contributed by atoms with Gasteiger partial charge in [-0.15, -0.1) is 13.2 Å². The van der Waals surface area contributed by atoms with Gasteiger partial charge in [-0.3, -0.25) is 0 Å². The van der Waals surface area contributed by atoms with Gasteiger partial charge in [0.05, 0.1) is 10.0 Å². The molecule has 0 unspecified atom stereocenters. The van der Waals surface area contributed by atoms with Crippen molar-refractivity contribution in [3.05, 3.63) is 52.3 Å². The van der Waals surface area contributed by atoms with Crippen molar-refractivity contribution in [3.8, 4) is 16.9 Å². The Balaban J connectivity index is 2.41. The molecule has 2 aromatic rings. The molecule has 0 saturated heterocycles. The van der Waals surface area contributed by atoms with Crippen LogP contribution in [0.4, 0.5) is 17.6 Å². The Morgan fingerprint density at radius 2 is 1.70 bits per heavy atom. The number of alkyl halides is 3. The first-order valence-corrected chi connectivity index (χ1v) is 6.03. The highest BCUT2D eigenvalue weighted by Crippen LogP contribution is 2.35. The van der Waals surface area contributed by atoms with E-state index in [-0.39, 0.29) is 10.0 Å². The second kappa shape index (κ2) is 5.50. The molecule has 0 fully saturated rings. The molecule has 2 rings (SSSR count). The standard InChI is InChI=1S/C13H6Cl2F4O/c14-9-3-1-2-8(12(9)15)7-4-5-11(10(16)6-7)20-13(17,18)19/h1-6H. The summed E-state index contributed by atoms with van der Waals surface area (Å²) in [6.07, 6.45) is -4.95. The van der Waals surface area contributed by atoms with E-state index in [1.54, 1.807) is 18.2 Å². The van der Waals surface area contributed by atoms with Crippen LogP contribution in [0.25, 0.3) is 11.1 Å². The molecule has 7 heteroatoms. The highest BCUT2D eigenvalue weighted by atomic mass is 35.5. The Hall–Kier alpha value is -1.46. The van der Waals surface area contributed by atoms with Crippen molar-refractivity contribution in [1.82, 2.24) is 0 Å². The van der Waals surface area contributed by atoms with Gasteiger partial charge in [-0.1, -0.05) is 41.4 Å². The molecule has 0 aliphatic carbocycles. The predicted molar refractivity (Wildman–Crippen MR) is 68.5 cm³/mol. The number of rotatable bonds is 2. The van der Waals surface area contributed by atoms with Gasteiger partial charge in [-0.2, -0.15) is 0 Å². The monoisotopic (exact) mass is 324 g/mol. The average molecular weight is 325 g/mol. The van der Waals surface area contributed by atoms with E-state index in [1.165, 1.54) is 6.07 Å². The van der Waals surface area contributed by atoms with Crippen LogP contribution in [0.2, 0.25) is 10.0 Å². The van der Waals surface area contributed by atoms with Gasteiger partial charge < -0.3 is 4.74 Å². The van der Waals surface area contributed by atoms with Crippen LogP contribution in [0.5, 0.6) is 5.75 Å². The first-order valence-electron chi connectivity index (χ1n) is 5.27. The molecule has 0 amide bonds. The van der Waals surface area contributed by atoms with Gasteiger partial charge in [0.2, 0.25) is 0 Å². The van der Waals surface area contributed by atoms with Gasteiger partial charge in [0.1, 0.15) is 0 Å². The summed E-state index contributed by atoms with van der Waals surface area (Å²) >= 11 is 11.8. The zero-order valence-corrected chi connectivity index (χ0v) is 11.2. The summed E-state index contributed by atoms with van der Waals surface area (Å²) < 4.78 is 53.2. The quantitative estimate of drug-likeness (QED) is 0.644. The lowest BCUT2D eigenvalue weighted by molar-refractivity contribution is -0.275. The Morgan fingerprint density at radius 1 is 1.00 bits per heavy atom. The molecule has 0 atom stereocenters. The van der Waals surface area contributed by atoms with Gasteiger partial charge >= 0.3 is 6.36 Å². The van der Waals surface area contributed by atoms with Gasteiger partial charge in [0.15, 0.2) is 11.6 Å². The molecule has 0 aliphatic rings. The summed E-state index contributed by atoms with van der Waals surface area (Å²) in [5.74, 6) is -2.05. The lowest BCUT2D eigenvalue weighted by atomic mass is 10.1. The average Bonchev–Trinajstić information content (AvgIpc) is 2.34. The summed E-state index contributed by atoms with van der Waals surface area (Å²) in [5.41, 5.74) is 0.709. The van der Waals surface area contributed by atoms with E-state index in [0.29, 0.717) is 11.1 Å². The second-order valence-electron chi connectivity index (χ2n) is 3.79. The molecule has 0 bridgehead atoms. The van der Waals surface area contributed by atoms with Crippen molar-refractivity contribution in [2.45, 2.75) is 6.36 Å². The third-order valence-corrected chi connectivity index (χ3v) is 3.24. The zero-order chi connectivity index (χ0) is 14.9. The molecule has 1 nitrogen and oxygen atoms in total. The van der Waals surface area contributed by atoms with Crippen LogP contribution in [0.1, 0.15) is 0 Å². The van der Waals surface area contributed by atoms with Crippen LogP contribution in [0, 0.1) is 5.82 Å². The highest BCUT2D eigenvalue weighted by molar-refractivity contribution is 6.43. The van der Waals surface area contributed by atoms with Gasteiger partial charge in [-0.05, 0) is 23.8 Å². The minimum absolute atomic E-state index is 0.193. The summed E-state index contributed by atoms with van der Waals surface area (Å²) in [4.78, 5) is 0. The SMILES string of the molecule is Fc1cc(-c2cccc(Cl)c2Cl)ccc1OC(F)(F)F. The molecule has 0 heterocycles. The van der Waals surface area contributed by atoms with Crippen LogP contribution >= 0.6 is 23.2 Å². The molecule has 106 valence electrons. The minimum atomic E-state index is -4.95. The molecule has 0 spiro atoms. The van der Waals surface area contributed by atoms with Crippen molar-refractivity contribution < 1.29 is 22.3 Å². The van der Waals surface area contributed by atoms with Gasteiger partial charge in [-0.25, -0.2) is 4.39 Å². The molecule has 0 N–H and O–H groups in total. The number of ether oxygens (including phenoxy) is 1. The summed E-state index contributed by atoms with van der Waals surface area (Å²) in [6, 6.07) is 7.77. The van der Waals surface area contributed by atoms with Crippen LogP contribution < -0.4 is 4.74 Å². The molecule has 0 radical (unpaired) electrons. The smallest absolute Gasteiger partial charge is 0.403 e. The Bertz CT molecular complexity index is 641. The largest absolute Gasteiger partial charge is 0.573 e. The second-order valence-corrected chi connectivity index (χ2v) is 4.58. The van der Waals surface area contributed by atoms with Crippen molar-refractivity contribution >= 4 is 23.2 Å². The first-order chi connectivity index (χ1) is 9.28. The van der Waals surface area contributed by atoms with Crippen LogP contribution in [-0.2, 0) is 0 Å². The molecular formula is C13H6Cl2F4O. The van der Waals surface area contributed by atoms with E-state index in [0.717, 1.165) is 12.1 Å². The minimum Gasteiger partial charge on any atom is -0.403 e. The predicted octanol–water partition coefficient (Wildman–Crippen LogP) is 5.70. The van der Waals surface area contributed by atoms with Crippen LogP contribution in [0.3, 0.4) is 0 Å². The van der Waals surface area contributed by atoms with E-state index < -0.39 is 17.9 Å². The normalized spacial score (nSPS) is 11.5. The maximum absolute atomic E-state index is 13.6. The van der Waals surface area contributed by atoms with Crippen molar-refractivity contribution in [1.29, 1.82) is 0 Å². The van der Waals surface area contributed by atoms with Crippen LogP contribution in [-0.4, -0.2) is 6.36 Å². The fraction of sp³-hybridized carbons (Fsp3) is 0.0769. The molecular weight excluding hydrogens is 319 g/mol. The van der Waals surface area contributed by atoms with Crippen molar-refractivity contribution in [2.75, 3.05) is 0 Å². The van der Waals surface area contributed by atoms with Crippen molar-refractivity contribution in [3.63, 3.8) is 0 Å². The van der Waals surface area contributed by atoms with Crippen molar-refractivity contribution in [2.24, 2.45) is 0 Å². The van der Waals surface area contributed by atoms with E-state index in [9.17, 15) is 17.6 Å². The zero-order valence-electron chi connectivity index (χ0n) is 9.64. The van der Waals surface area contributed by atoms with E-state index in [2.05, 4.69) is 4.74 Å². The van der Waals surface area contributed by atoms with E-state index >= 15 is 0 Å². The molecule has 20 heavy (non-hydrogen) atoms. The van der Waals surface area contributed by atoms with E-state index in [4.69, 9.17) is 23.2 Å². The van der Waals surface area contributed by atoms with Crippen LogP contribution in [0.15, 0.2) is 36.4 Å². The Kier molecular flexibility index (Phi) is 4.11. The van der Waals surface area contributed by atoms with Gasteiger partial charge in [0, 0.05) is 5.56 Å². The maximum Gasteiger partial charge on any atom is 0.573 e. The number of hydrogen-bond acceptors (Lipinski definition) is 1. The third-order valence-electron chi connectivity index (χ3n) is 2.42. The Labute approximate surface area is 121 Å². The molecule has 0 aliphatic heterocycles. The number of halogens is 6. The molecule has 0 saturated carbocycles. The lowest BCUT2D eigenvalue weighted by Crippen LogP contribution is -2.17. The maximum atomic E-state index is 13.6. The fourth-order valence-electron chi connectivity index (χ4n) is 1.60. The number of hydrogen-bond donors (Lipinski definition) is 0. The Morgan fingerprint density at radius 3 is 2.30 bits per heavy atom. The van der Waals surface area contributed by atoms with E-state index in [1.807, 2.05) is 0 Å². The van der Waals surface area contributed by atoms with Gasteiger partial charge in [0.25, 0.3) is 0 Å². The first kappa shape index (κ1) is 14.9. The molecule has 2 aromatic carbocycles. The molecule has 0 aromatic heterocycles. The lowest BCUT2D eigenvalue weighted by Gasteiger charge is -2.11. The third kappa shape index (κ3) is 3.35. The summed E-state index contributed by atoms with van der Waals surface area (Å²) in [6.45, 7) is 0. The topological polar surface area (TPSA) is 9.23 Å². The summed E-state index contributed by atoms with van der Waals surface area (Å²) in [7, 11) is 0. The fourth-order valence-corrected chi connectivity index (χ4v) is 2.01. The summed E-state index contributed by atoms with van der Waals surface area (Å²) in [5, 5.41) is 0.457. The highest BCUT2D eigenvalue weighted by Gasteiger charge is 2.32. The number of benzene rings is 2.